The predicted molar refractivity (Wildman–Crippen MR) is 73.2 cm³/mol. The van der Waals surface area contributed by atoms with Gasteiger partial charge in [-0.05, 0) is 31.6 Å². The van der Waals surface area contributed by atoms with Crippen LogP contribution in [-0.2, 0) is 12.0 Å². The van der Waals surface area contributed by atoms with Crippen LogP contribution in [0.15, 0.2) is 24.3 Å². The Bertz CT molecular complexity index is 600. The maximum absolute atomic E-state index is 14.1. The number of rotatable bonds is 0. The number of halogens is 1. The number of ether oxygens (including phenoxy) is 1. The van der Waals surface area contributed by atoms with Crippen molar-refractivity contribution in [3.63, 3.8) is 0 Å². The van der Waals surface area contributed by atoms with E-state index in [-0.39, 0.29) is 17.3 Å². The Kier molecular flexibility index (Phi) is 2.51. The second-order valence-corrected chi connectivity index (χ2v) is 6.21. The Labute approximate surface area is 117 Å². The summed E-state index contributed by atoms with van der Waals surface area (Å²) in [5.74, 6) is 0.117. The molecule has 20 heavy (non-hydrogen) atoms. The second kappa shape index (κ2) is 4.06. The molecule has 0 unspecified atom stereocenters. The SMILES string of the molecule is CN1CC[C@@]23C=C[C@H](O)C[C@@H]2Oc2c(F)ccc(c23)C1. The fourth-order valence-corrected chi connectivity index (χ4v) is 3.91. The Morgan fingerprint density at radius 1 is 1.45 bits per heavy atom. The molecule has 1 aromatic rings. The molecule has 3 aliphatic rings. The summed E-state index contributed by atoms with van der Waals surface area (Å²) in [4.78, 5) is 2.26. The van der Waals surface area contributed by atoms with Crippen molar-refractivity contribution >= 4 is 0 Å². The molecule has 106 valence electrons. The quantitative estimate of drug-likeness (QED) is 0.735. The molecular formula is C16H18FNO2. The minimum absolute atomic E-state index is 0.153. The van der Waals surface area contributed by atoms with E-state index >= 15 is 0 Å². The van der Waals surface area contributed by atoms with Gasteiger partial charge in [-0.25, -0.2) is 4.39 Å². The molecule has 1 spiro atoms. The predicted octanol–water partition coefficient (Wildman–Crippen LogP) is 1.98. The Morgan fingerprint density at radius 2 is 2.30 bits per heavy atom. The Hall–Kier alpha value is -1.39. The first-order valence-electron chi connectivity index (χ1n) is 7.14. The van der Waals surface area contributed by atoms with Crippen molar-refractivity contribution < 1.29 is 14.2 Å². The first kappa shape index (κ1) is 12.4. The first-order chi connectivity index (χ1) is 9.60. The summed E-state index contributed by atoms with van der Waals surface area (Å²) in [5, 5.41) is 9.85. The standard InChI is InChI=1S/C16H18FNO2/c1-18-7-6-16-5-4-11(19)8-13(16)20-15-12(17)3-2-10(9-18)14(15)16/h2-5,11,13,19H,6-9H2,1H3/t11-,13-,16-/m0/s1. The van der Waals surface area contributed by atoms with Gasteiger partial charge in [0.05, 0.1) is 11.5 Å². The van der Waals surface area contributed by atoms with Crippen LogP contribution >= 0.6 is 0 Å². The molecule has 3 atom stereocenters. The molecule has 2 aliphatic heterocycles. The van der Waals surface area contributed by atoms with Gasteiger partial charge in [0.2, 0.25) is 0 Å². The van der Waals surface area contributed by atoms with Gasteiger partial charge in [-0.2, -0.15) is 0 Å². The van der Waals surface area contributed by atoms with E-state index in [2.05, 4.69) is 18.0 Å². The number of hydrogen-bond acceptors (Lipinski definition) is 3. The first-order valence-corrected chi connectivity index (χ1v) is 7.14. The normalized spacial score (nSPS) is 35.1. The van der Waals surface area contributed by atoms with E-state index in [9.17, 15) is 9.50 Å². The van der Waals surface area contributed by atoms with Gasteiger partial charge in [-0.15, -0.1) is 0 Å². The Morgan fingerprint density at radius 3 is 3.15 bits per heavy atom. The van der Waals surface area contributed by atoms with Gasteiger partial charge >= 0.3 is 0 Å². The van der Waals surface area contributed by atoms with Crippen LogP contribution < -0.4 is 4.74 Å². The van der Waals surface area contributed by atoms with Crippen LogP contribution in [0, 0.1) is 5.82 Å². The number of aliphatic hydroxyl groups excluding tert-OH is 1. The van der Waals surface area contributed by atoms with Crippen molar-refractivity contribution in [1.82, 2.24) is 4.90 Å². The highest BCUT2D eigenvalue weighted by Crippen LogP contribution is 2.53. The summed E-state index contributed by atoms with van der Waals surface area (Å²) >= 11 is 0. The molecule has 0 saturated carbocycles. The topological polar surface area (TPSA) is 32.7 Å². The minimum atomic E-state index is -0.493. The lowest BCUT2D eigenvalue weighted by atomic mass is 9.69. The summed E-state index contributed by atoms with van der Waals surface area (Å²) in [6, 6.07) is 3.38. The zero-order chi connectivity index (χ0) is 13.9. The lowest BCUT2D eigenvalue weighted by Gasteiger charge is -2.35. The van der Waals surface area contributed by atoms with Gasteiger partial charge in [0.1, 0.15) is 6.10 Å². The van der Waals surface area contributed by atoms with Gasteiger partial charge < -0.3 is 14.7 Å². The van der Waals surface area contributed by atoms with Crippen LogP contribution in [0.1, 0.15) is 24.0 Å². The summed E-state index contributed by atoms with van der Waals surface area (Å²) in [6.07, 6.45) is 4.69. The van der Waals surface area contributed by atoms with Crippen LogP contribution in [0.4, 0.5) is 4.39 Å². The van der Waals surface area contributed by atoms with Crippen molar-refractivity contribution in [2.75, 3.05) is 13.6 Å². The third kappa shape index (κ3) is 1.52. The van der Waals surface area contributed by atoms with E-state index in [1.165, 1.54) is 6.07 Å². The second-order valence-electron chi connectivity index (χ2n) is 6.21. The van der Waals surface area contributed by atoms with Gasteiger partial charge in [0, 0.05) is 18.5 Å². The van der Waals surface area contributed by atoms with Gasteiger partial charge in [0.15, 0.2) is 11.6 Å². The largest absolute Gasteiger partial charge is 0.486 e. The number of hydrogen-bond donors (Lipinski definition) is 1. The van der Waals surface area contributed by atoms with Gasteiger partial charge in [-0.1, -0.05) is 18.2 Å². The van der Waals surface area contributed by atoms with E-state index in [4.69, 9.17) is 4.74 Å². The summed E-state index contributed by atoms with van der Waals surface area (Å²) in [7, 11) is 2.09. The molecule has 0 bridgehead atoms. The van der Waals surface area contributed by atoms with E-state index in [0.717, 1.165) is 30.6 Å². The maximum atomic E-state index is 14.1. The number of aliphatic hydroxyl groups is 1. The molecule has 1 aliphatic carbocycles. The zero-order valence-electron chi connectivity index (χ0n) is 11.5. The van der Waals surface area contributed by atoms with Crippen LogP contribution in [0.2, 0.25) is 0 Å². The summed E-state index contributed by atoms with van der Waals surface area (Å²) in [6.45, 7) is 1.76. The molecule has 0 fully saturated rings. The zero-order valence-corrected chi connectivity index (χ0v) is 11.5. The number of nitrogens with zero attached hydrogens (tertiary/aromatic N) is 1. The molecule has 0 aromatic heterocycles. The van der Waals surface area contributed by atoms with E-state index in [1.54, 1.807) is 0 Å². The van der Waals surface area contributed by atoms with E-state index in [1.807, 2.05) is 12.1 Å². The third-order valence-electron chi connectivity index (χ3n) is 4.91. The fourth-order valence-electron chi connectivity index (χ4n) is 3.91. The van der Waals surface area contributed by atoms with Crippen LogP contribution in [0.25, 0.3) is 0 Å². The average Bonchev–Trinajstić information content (AvgIpc) is 2.68. The molecule has 3 nitrogen and oxygen atoms in total. The average molecular weight is 275 g/mol. The molecule has 2 heterocycles. The molecule has 4 rings (SSSR count). The Balaban J connectivity index is 1.96. The number of benzene rings is 1. The monoisotopic (exact) mass is 275 g/mol. The van der Waals surface area contributed by atoms with Gasteiger partial charge in [-0.3, -0.25) is 0 Å². The minimum Gasteiger partial charge on any atom is -0.486 e. The van der Waals surface area contributed by atoms with Crippen molar-refractivity contribution in [2.45, 2.75) is 37.0 Å². The molecule has 0 amide bonds. The summed E-state index contributed by atoms with van der Waals surface area (Å²) in [5.41, 5.74) is 1.89. The van der Waals surface area contributed by atoms with Crippen LogP contribution in [0.3, 0.4) is 0 Å². The molecule has 4 heteroatoms. The lowest BCUT2D eigenvalue weighted by molar-refractivity contribution is 0.0816. The smallest absolute Gasteiger partial charge is 0.165 e. The van der Waals surface area contributed by atoms with Crippen molar-refractivity contribution in [1.29, 1.82) is 0 Å². The van der Waals surface area contributed by atoms with E-state index < -0.39 is 6.10 Å². The third-order valence-corrected chi connectivity index (χ3v) is 4.91. The highest BCUT2D eigenvalue weighted by molar-refractivity contribution is 5.55. The van der Waals surface area contributed by atoms with Crippen LogP contribution in [0.5, 0.6) is 5.75 Å². The molecule has 1 N–H and O–H groups in total. The van der Waals surface area contributed by atoms with Crippen molar-refractivity contribution in [3.05, 3.63) is 41.2 Å². The highest BCUT2D eigenvalue weighted by Gasteiger charge is 2.52. The molecule has 0 saturated heterocycles. The van der Waals surface area contributed by atoms with Crippen molar-refractivity contribution in [3.8, 4) is 5.75 Å². The lowest BCUT2D eigenvalue weighted by Crippen LogP contribution is -2.42. The molecule has 1 aromatic carbocycles. The van der Waals surface area contributed by atoms with Crippen molar-refractivity contribution in [2.24, 2.45) is 0 Å². The molecule has 0 radical (unpaired) electrons. The fraction of sp³-hybridized carbons (Fsp3) is 0.500. The summed E-state index contributed by atoms with van der Waals surface area (Å²) < 4.78 is 20.1. The van der Waals surface area contributed by atoms with Gasteiger partial charge in [0.25, 0.3) is 0 Å². The molecular weight excluding hydrogens is 257 g/mol. The highest BCUT2D eigenvalue weighted by atomic mass is 19.1. The van der Waals surface area contributed by atoms with Crippen LogP contribution in [-0.4, -0.2) is 35.8 Å². The van der Waals surface area contributed by atoms with E-state index in [0.29, 0.717) is 12.2 Å². The maximum Gasteiger partial charge on any atom is 0.165 e.